The molecule has 0 N–H and O–H groups in total. The van der Waals surface area contributed by atoms with Gasteiger partial charge in [0.15, 0.2) is 0 Å². The number of fused-ring (bicyclic) bond motifs is 6. The summed E-state index contributed by atoms with van der Waals surface area (Å²) in [6.45, 7) is 2.37. The van der Waals surface area contributed by atoms with Gasteiger partial charge >= 0.3 is 0 Å². The highest BCUT2D eigenvalue weighted by atomic mass is 16.3. The first-order chi connectivity index (χ1) is 28.7. The second kappa shape index (κ2) is 13.7. The minimum atomic E-state index is -0.285. The topological polar surface area (TPSA) is 16.4 Å². The Bertz CT molecular complexity index is 3140. The number of furan rings is 1. The van der Waals surface area contributed by atoms with E-state index >= 15 is 0 Å². The smallest absolute Gasteiger partial charge is 0.137 e. The minimum Gasteiger partial charge on any atom is -0.456 e. The molecular formula is C56H39NO. The predicted molar refractivity (Wildman–Crippen MR) is 242 cm³/mol. The van der Waals surface area contributed by atoms with Crippen LogP contribution in [0.3, 0.4) is 0 Å². The lowest BCUT2D eigenvalue weighted by atomic mass is 9.74. The molecule has 0 amide bonds. The minimum absolute atomic E-state index is 0.285. The lowest BCUT2D eigenvalue weighted by Crippen LogP contribution is -2.22. The van der Waals surface area contributed by atoms with Gasteiger partial charge < -0.3 is 9.32 Å². The van der Waals surface area contributed by atoms with Crippen molar-refractivity contribution in [1.82, 2.24) is 0 Å². The Labute approximate surface area is 338 Å². The molecule has 58 heavy (non-hydrogen) atoms. The van der Waals surface area contributed by atoms with Crippen LogP contribution in [0.15, 0.2) is 223 Å². The van der Waals surface area contributed by atoms with Gasteiger partial charge in [0.2, 0.25) is 0 Å². The van der Waals surface area contributed by atoms with Gasteiger partial charge in [0, 0.05) is 39.2 Å². The van der Waals surface area contributed by atoms with Gasteiger partial charge in [-0.05, 0) is 99.0 Å². The zero-order chi connectivity index (χ0) is 38.6. The normalized spacial score (nSPS) is 14.4. The van der Waals surface area contributed by atoms with Gasteiger partial charge in [-0.2, -0.15) is 0 Å². The van der Waals surface area contributed by atoms with Crippen molar-refractivity contribution in [2.24, 2.45) is 0 Å². The number of benzene rings is 9. The quantitative estimate of drug-likeness (QED) is 0.162. The summed E-state index contributed by atoms with van der Waals surface area (Å²) in [7, 11) is 0. The highest BCUT2D eigenvalue weighted by Crippen LogP contribution is 2.54. The van der Waals surface area contributed by atoms with Crippen LogP contribution in [-0.2, 0) is 5.41 Å². The van der Waals surface area contributed by atoms with E-state index in [4.69, 9.17) is 4.42 Å². The van der Waals surface area contributed by atoms with Crippen molar-refractivity contribution in [3.05, 3.63) is 235 Å². The third-order valence-corrected chi connectivity index (χ3v) is 12.2. The van der Waals surface area contributed by atoms with Gasteiger partial charge in [0.1, 0.15) is 11.2 Å². The van der Waals surface area contributed by atoms with Crippen LogP contribution >= 0.6 is 0 Å². The molecule has 2 nitrogen and oxygen atoms in total. The molecule has 0 spiro atoms. The van der Waals surface area contributed by atoms with Crippen LogP contribution in [0.1, 0.15) is 23.6 Å². The molecule has 0 fully saturated rings. The Morgan fingerprint density at radius 3 is 1.66 bits per heavy atom. The van der Waals surface area contributed by atoms with Crippen molar-refractivity contribution in [1.29, 1.82) is 0 Å². The van der Waals surface area contributed by atoms with Crippen LogP contribution < -0.4 is 4.90 Å². The number of para-hydroxylation sites is 2. The lowest BCUT2D eigenvalue weighted by molar-refractivity contribution is 0.669. The molecule has 2 heteroatoms. The standard InChI is InChI=1S/C56H39NO/c1-56(39-20-6-3-7-21-39)51-29-15-12-26-46(51)50-36-40(33-35-52(50)56)57(41-32-34-49-48-28-14-17-31-54(48)58-55(49)37-41)53-30-16-13-27-47(53)45-25-11-10-24-44(45)43-23-9-8-22-42(43)38-18-4-2-5-19-38/h2-37H,1H3. The first kappa shape index (κ1) is 33.9. The van der Waals surface area contributed by atoms with Crippen molar-refractivity contribution in [3.8, 4) is 44.5 Å². The summed E-state index contributed by atoms with van der Waals surface area (Å²) in [6.07, 6.45) is 0. The van der Waals surface area contributed by atoms with E-state index in [1.807, 2.05) is 12.1 Å². The fourth-order valence-electron chi connectivity index (χ4n) is 9.43. The van der Waals surface area contributed by atoms with E-state index in [0.717, 1.165) is 44.6 Å². The third-order valence-electron chi connectivity index (χ3n) is 12.2. The Balaban J connectivity index is 1.15. The van der Waals surface area contributed by atoms with Gasteiger partial charge in [-0.25, -0.2) is 0 Å². The van der Waals surface area contributed by atoms with Crippen LogP contribution in [0.4, 0.5) is 17.1 Å². The molecule has 1 heterocycles. The average molecular weight is 742 g/mol. The molecule has 1 atom stereocenters. The summed E-state index contributed by atoms with van der Waals surface area (Å²) in [4.78, 5) is 2.42. The van der Waals surface area contributed by atoms with Gasteiger partial charge in [-0.3, -0.25) is 0 Å². The monoisotopic (exact) mass is 741 g/mol. The van der Waals surface area contributed by atoms with Crippen molar-refractivity contribution in [3.63, 3.8) is 0 Å². The first-order valence-corrected chi connectivity index (χ1v) is 20.0. The SMILES string of the molecule is CC1(c2ccccc2)c2ccccc2-c2cc(N(c3ccc4c(c3)oc3ccccc34)c3ccccc3-c3ccccc3-c3ccccc3-c3ccccc3)ccc21. The Kier molecular flexibility index (Phi) is 7.97. The molecule has 1 aromatic heterocycles. The molecule has 1 aliphatic rings. The van der Waals surface area contributed by atoms with Crippen molar-refractivity contribution < 1.29 is 4.42 Å². The van der Waals surface area contributed by atoms with Gasteiger partial charge in [-0.15, -0.1) is 0 Å². The molecule has 274 valence electrons. The molecule has 0 radical (unpaired) electrons. The van der Waals surface area contributed by atoms with Crippen molar-refractivity contribution in [2.75, 3.05) is 4.90 Å². The molecular weight excluding hydrogens is 703 g/mol. The largest absolute Gasteiger partial charge is 0.456 e. The molecule has 1 unspecified atom stereocenters. The number of rotatable bonds is 7. The maximum atomic E-state index is 6.53. The van der Waals surface area contributed by atoms with Crippen LogP contribution in [0.25, 0.3) is 66.4 Å². The molecule has 11 rings (SSSR count). The summed E-state index contributed by atoms with van der Waals surface area (Å²) in [5.74, 6) is 0. The van der Waals surface area contributed by atoms with Crippen molar-refractivity contribution >= 4 is 39.0 Å². The Morgan fingerprint density at radius 2 is 0.879 bits per heavy atom. The Hall–Kier alpha value is -7.42. The van der Waals surface area contributed by atoms with E-state index in [2.05, 4.69) is 218 Å². The van der Waals surface area contributed by atoms with Crippen molar-refractivity contribution in [2.45, 2.75) is 12.3 Å². The fourth-order valence-corrected chi connectivity index (χ4v) is 9.43. The average Bonchev–Trinajstić information content (AvgIpc) is 3.80. The summed E-state index contributed by atoms with van der Waals surface area (Å²) in [6, 6.07) is 79.0. The molecule has 0 aliphatic heterocycles. The third kappa shape index (κ3) is 5.33. The summed E-state index contributed by atoms with van der Waals surface area (Å²) in [5.41, 5.74) is 18.2. The predicted octanol–water partition coefficient (Wildman–Crippen LogP) is 15.4. The second-order valence-electron chi connectivity index (χ2n) is 15.4. The van der Waals surface area contributed by atoms with E-state index < -0.39 is 0 Å². The van der Waals surface area contributed by atoms with Crippen LogP contribution in [0, 0.1) is 0 Å². The molecule has 9 aromatic carbocycles. The molecule has 0 saturated carbocycles. The maximum Gasteiger partial charge on any atom is 0.137 e. The zero-order valence-corrected chi connectivity index (χ0v) is 32.1. The molecule has 0 saturated heterocycles. The van der Waals surface area contributed by atoms with E-state index in [-0.39, 0.29) is 5.41 Å². The molecule has 10 aromatic rings. The first-order valence-electron chi connectivity index (χ1n) is 20.0. The number of hydrogen-bond donors (Lipinski definition) is 0. The van der Waals surface area contributed by atoms with E-state index in [0.29, 0.717) is 0 Å². The maximum absolute atomic E-state index is 6.53. The van der Waals surface area contributed by atoms with Gasteiger partial charge in [0.05, 0.1) is 5.69 Å². The summed E-state index contributed by atoms with van der Waals surface area (Å²) < 4.78 is 6.53. The molecule has 1 aliphatic carbocycles. The van der Waals surface area contributed by atoms with E-state index in [1.165, 1.54) is 55.6 Å². The number of nitrogens with zero attached hydrogens (tertiary/aromatic N) is 1. The second-order valence-corrected chi connectivity index (χ2v) is 15.4. The van der Waals surface area contributed by atoms with Gasteiger partial charge in [0.25, 0.3) is 0 Å². The fraction of sp³-hybridized carbons (Fsp3) is 0.0357. The number of hydrogen-bond acceptors (Lipinski definition) is 2. The summed E-state index contributed by atoms with van der Waals surface area (Å²) in [5, 5.41) is 2.23. The summed E-state index contributed by atoms with van der Waals surface area (Å²) >= 11 is 0. The van der Waals surface area contributed by atoms with Crippen LogP contribution in [0.5, 0.6) is 0 Å². The number of anilines is 3. The zero-order valence-electron chi connectivity index (χ0n) is 32.1. The van der Waals surface area contributed by atoms with E-state index in [1.54, 1.807) is 0 Å². The highest BCUT2D eigenvalue weighted by Gasteiger charge is 2.41. The molecule has 0 bridgehead atoms. The van der Waals surface area contributed by atoms with Crippen LogP contribution in [-0.4, -0.2) is 0 Å². The van der Waals surface area contributed by atoms with E-state index in [9.17, 15) is 0 Å². The van der Waals surface area contributed by atoms with Crippen LogP contribution in [0.2, 0.25) is 0 Å². The Morgan fingerprint density at radius 1 is 0.362 bits per heavy atom. The highest BCUT2D eigenvalue weighted by molar-refractivity contribution is 6.07. The lowest BCUT2D eigenvalue weighted by Gasteiger charge is -2.30. The van der Waals surface area contributed by atoms with Gasteiger partial charge in [-0.1, -0.05) is 176 Å².